The van der Waals surface area contributed by atoms with Crippen molar-refractivity contribution in [3.05, 3.63) is 42.6 Å². The summed E-state index contributed by atoms with van der Waals surface area (Å²) >= 11 is 0. The van der Waals surface area contributed by atoms with E-state index in [1.54, 1.807) is 6.20 Å². The van der Waals surface area contributed by atoms with Crippen LogP contribution in [0.25, 0.3) is 28.3 Å². The molecule has 0 atom stereocenters. The molecule has 0 amide bonds. The minimum Gasteiger partial charge on any atom is -0.257 e. The molecule has 96 valence electrons. The lowest BCUT2D eigenvalue weighted by molar-refractivity contribution is -0.648. The van der Waals surface area contributed by atoms with Crippen LogP contribution in [0, 0.1) is 0 Å². The van der Waals surface area contributed by atoms with Crippen molar-refractivity contribution in [3.8, 4) is 11.4 Å². The zero-order valence-corrected chi connectivity index (χ0v) is 10.9. The summed E-state index contributed by atoms with van der Waals surface area (Å²) in [6, 6.07) is 6.02. The fourth-order valence-corrected chi connectivity index (χ4v) is 3.13. The second kappa shape index (κ2) is 3.22. The average molecular weight is 263 g/mol. The number of nitrogens with zero attached hydrogens (tertiary/aromatic N) is 6. The summed E-state index contributed by atoms with van der Waals surface area (Å²) in [5.41, 5.74) is 5.26. The fourth-order valence-electron chi connectivity index (χ4n) is 3.13. The maximum atomic E-state index is 4.70. The number of pyridine rings is 1. The van der Waals surface area contributed by atoms with E-state index in [4.69, 9.17) is 4.98 Å². The van der Waals surface area contributed by atoms with Crippen molar-refractivity contribution >= 4 is 16.9 Å². The molecule has 4 aromatic heterocycles. The van der Waals surface area contributed by atoms with E-state index < -0.39 is 0 Å². The highest BCUT2D eigenvalue weighted by Crippen LogP contribution is 2.29. The van der Waals surface area contributed by atoms with Crippen LogP contribution in [0.1, 0.15) is 5.69 Å². The van der Waals surface area contributed by atoms with Gasteiger partial charge in [0.05, 0.1) is 18.3 Å². The van der Waals surface area contributed by atoms with E-state index in [1.165, 1.54) is 5.56 Å². The molecule has 0 saturated heterocycles. The van der Waals surface area contributed by atoms with Gasteiger partial charge in [0.25, 0.3) is 11.3 Å². The predicted octanol–water partition coefficient (Wildman–Crippen LogP) is 0.932. The molecule has 0 spiro atoms. The highest BCUT2D eigenvalue weighted by Gasteiger charge is 2.34. The zero-order chi connectivity index (χ0) is 13.3. The number of rotatable bonds is 0. The van der Waals surface area contributed by atoms with Crippen LogP contribution >= 0.6 is 0 Å². The topological polar surface area (TPSA) is 51.9 Å². The van der Waals surface area contributed by atoms with Crippen molar-refractivity contribution in [3.63, 3.8) is 0 Å². The van der Waals surface area contributed by atoms with Gasteiger partial charge in [-0.05, 0) is 12.1 Å². The van der Waals surface area contributed by atoms with Gasteiger partial charge in [0.2, 0.25) is 11.5 Å². The molecular weight excluding hydrogens is 252 g/mol. The molecule has 1 aliphatic heterocycles. The fraction of sp³-hybridized carbons (Fsp3) is 0.143. The first kappa shape index (κ1) is 10.1. The van der Waals surface area contributed by atoms with Crippen molar-refractivity contribution in [2.75, 3.05) is 0 Å². The van der Waals surface area contributed by atoms with Crippen LogP contribution in [0.2, 0.25) is 0 Å². The minimum atomic E-state index is 0.783. The molecule has 5 heterocycles. The third kappa shape index (κ3) is 1.01. The third-order valence-electron chi connectivity index (χ3n) is 3.97. The molecule has 0 unspecified atom stereocenters. The molecule has 0 aliphatic carbocycles. The number of fused-ring (bicyclic) bond motifs is 7. The van der Waals surface area contributed by atoms with Gasteiger partial charge >= 0.3 is 0 Å². The smallest absolute Gasteiger partial charge is 0.257 e. The third-order valence-corrected chi connectivity index (χ3v) is 3.97. The highest BCUT2D eigenvalue weighted by atomic mass is 15.3. The Morgan fingerprint density at radius 1 is 1.25 bits per heavy atom. The quantitative estimate of drug-likeness (QED) is 0.391. The van der Waals surface area contributed by atoms with Crippen molar-refractivity contribution in [1.29, 1.82) is 0 Å². The number of aromatic nitrogens is 6. The number of aryl methyl sites for hydroxylation is 1. The molecule has 0 saturated carbocycles. The second-order valence-electron chi connectivity index (χ2n) is 5.03. The molecule has 0 N–H and O–H groups in total. The second-order valence-corrected chi connectivity index (χ2v) is 5.03. The summed E-state index contributed by atoms with van der Waals surface area (Å²) in [5, 5.41) is 0. The van der Waals surface area contributed by atoms with E-state index in [0.717, 1.165) is 35.0 Å². The van der Waals surface area contributed by atoms with Gasteiger partial charge < -0.3 is 0 Å². The largest absolute Gasteiger partial charge is 0.296 e. The molecule has 0 bridgehead atoms. The Morgan fingerprint density at radius 3 is 3.15 bits per heavy atom. The van der Waals surface area contributed by atoms with Gasteiger partial charge in [0, 0.05) is 18.5 Å². The van der Waals surface area contributed by atoms with Crippen LogP contribution in [0.15, 0.2) is 36.9 Å². The average Bonchev–Trinajstić information content (AvgIpc) is 3.10. The van der Waals surface area contributed by atoms with Crippen molar-refractivity contribution in [2.24, 2.45) is 7.05 Å². The van der Waals surface area contributed by atoms with E-state index >= 15 is 0 Å². The van der Waals surface area contributed by atoms with Gasteiger partial charge in [-0.1, -0.05) is 0 Å². The molecule has 5 rings (SSSR count). The Labute approximate surface area is 114 Å². The molecule has 0 fully saturated rings. The van der Waals surface area contributed by atoms with Crippen LogP contribution < -0.4 is 4.57 Å². The Hall–Kier alpha value is -2.76. The summed E-state index contributed by atoms with van der Waals surface area (Å²) < 4.78 is 6.43. The zero-order valence-electron chi connectivity index (χ0n) is 10.9. The van der Waals surface area contributed by atoms with Gasteiger partial charge in [0.1, 0.15) is 6.54 Å². The van der Waals surface area contributed by atoms with E-state index in [0.29, 0.717) is 0 Å². The maximum Gasteiger partial charge on any atom is 0.296 e. The predicted molar refractivity (Wildman–Crippen MR) is 72.0 cm³/mol. The molecule has 0 aromatic carbocycles. The Bertz CT molecular complexity index is 994. The molecule has 6 nitrogen and oxygen atoms in total. The molecule has 20 heavy (non-hydrogen) atoms. The summed E-state index contributed by atoms with van der Waals surface area (Å²) in [7, 11) is 2.05. The van der Waals surface area contributed by atoms with Crippen LogP contribution in [0.3, 0.4) is 0 Å². The van der Waals surface area contributed by atoms with Crippen molar-refractivity contribution < 1.29 is 4.57 Å². The molecule has 0 radical (unpaired) electrons. The lowest BCUT2D eigenvalue weighted by Crippen LogP contribution is -2.32. The number of hydrogen-bond acceptors (Lipinski definition) is 3. The lowest BCUT2D eigenvalue weighted by atomic mass is 10.2. The van der Waals surface area contributed by atoms with Crippen LogP contribution in [0.5, 0.6) is 0 Å². The van der Waals surface area contributed by atoms with Crippen LogP contribution in [-0.4, -0.2) is 23.9 Å². The Kier molecular flexibility index (Phi) is 1.62. The van der Waals surface area contributed by atoms with Crippen LogP contribution in [-0.2, 0) is 13.6 Å². The molecular formula is C14H11N6+. The first-order chi connectivity index (χ1) is 9.84. The van der Waals surface area contributed by atoms with Gasteiger partial charge in [0.15, 0.2) is 6.33 Å². The first-order valence-corrected chi connectivity index (χ1v) is 6.49. The normalized spacial score (nSPS) is 13.1. The van der Waals surface area contributed by atoms with Gasteiger partial charge in [-0.3, -0.25) is 4.98 Å². The summed E-state index contributed by atoms with van der Waals surface area (Å²) in [4.78, 5) is 13.4. The summed E-state index contributed by atoms with van der Waals surface area (Å²) in [5.74, 6) is 1.16. The first-order valence-electron chi connectivity index (χ1n) is 6.49. The highest BCUT2D eigenvalue weighted by molar-refractivity contribution is 5.75. The van der Waals surface area contributed by atoms with Crippen molar-refractivity contribution in [1.82, 2.24) is 23.9 Å². The maximum absolute atomic E-state index is 4.70. The number of hydrogen-bond donors (Lipinski definition) is 0. The van der Waals surface area contributed by atoms with Crippen LogP contribution in [0.4, 0.5) is 0 Å². The van der Waals surface area contributed by atoms with E-state index in [-0.39, 0.29) is 0 Å². The van der Waals surface area contributed by atoms with Crippen molar-refractivity contribution in [2.45, 2.75) is 6.54 Å². The SMILES string of the molecule is Cn1c2[n+](c3c1nc1ccncn13)Cc1ncccc1-2. The van der Waals surface area contributed by atoms with E-state index in [2.05, 4.69) is 32.2 Å². The molecule has 6 heteroatoms. The van der Waals surface area contributed by atoms with Gasteiger partial charge in [-0.2, -0.15) is 9.38 Å². The van der Waals surface area contributed by atoms with E-state index in [9.17, 15) is 0 Å². The van der Waals surface area contributed by atoms with Gasteiger partial charge in [-0.15, -0.1) is 0 Å². The lowest BCUT2D eigenvalue weighted by Gasteiger charge is -1.95. The molecule has 1 aliphatic rings. The standard InChI is InChI=1S/C14H11N6/c1-18-12-14(20-8-15-6-4-11(20)17-12)19-7-10-9(13(18)19)3-2-5-16-10/h2-6,8H,7H2,1H3/q+1. The Balaban J connectivity index is 1.99. The van der Waals surface area contributed by atoms with E-state index in [1.807, 2.05) is 29.1 Å². The summed E-state index contributed by atoms with van der Waals surface area (Å²) in [6.45, 7) is 0.783. The minimum absolute atomic E-state index is 0.783. The Morgan fingerprint density at radius 2 is 2.20 bits per heavy atom. The summed E-state index contributed by atoms with van der Waals surface area (Å²) in [6.07, 6.45) is 5.43. The number of imidazole rings is 2. The van der Waals surface area contributed by atoms with Gasteiger partial charge in [-0.25, -0.2) is 14.1 Å². The molecule has 4 aromatic rings. The monoisotopic (exact) mass is 263 g/mol.